The molecule has 3 fully saturated rings. The number of halogens is 1. The van der Waals surface area contributed by atoms with E-state index >= 15 is 0 Å². The minimum Gasteiger partial charge on any atom is -0.480 e. The highest BCUT2D eigenvalue weighted by Crippen LogP contribution is 2.38. The summed E-state index contributed by atoms with van der Waals surface area (Å²) in [6.45, 7) is 3.11. The van der Waals surface area contributed by atoms with Crippen LogP contribution in [-0.4, -0.2) is 49.1 Å². The summed E-state index contributed by atoms with van der Waals surface area (Å²) in [6.07, 6.45) is 2.28. The summed E-state index contributed by atoms with van der Waals surface area (Å²) in [5, 5.41) is 8.89. The van der Waals surface area contributed by atoms with E-state index in [1.807, 2.05) is 0 Å². The maximum absolute atomic E-state index is 12.3. The second-order valence-corrected chi connectivity index (χ2v) is 6.92. The number of hydrogen-bond donors (Lipinski definition) is 3. The van der Waals surface area contributed by atoms with Crippen molar-refractivity contribution >= 4 is 34.9 Å². The number of amides is 3. The SMILES string of the molecule is O=C1COc2c(Cl)cc(NC(=O)NC3CN4CCC3CC4)cc2N1. The number of ether oxygens (including phenoxy) is 1. The third-order valence-corrected chi connectivity index (χ3v) is 5.18. The van der Waals surface area contributed by atoms with Gasteiger partial charge in [0.15, 0.2) is 12.4 Å². The monoisotopic (exact) mass is 350 g/mol. The van der Waals surface area contributed by atoms with E-state index < -0.39 is 0 Å². The maximum atomic E-state index is 12.3. The first-order valence-corrected chi connectivity index (χ1v) is 8.52. The summed E-state index contributed by atoms with van der Waals surface area (Å²) >= 11 is 6.17. The Hall–Kier alpha value is -1.99. The summed E-state index contributed by atoms with van der Waals surface area (Å²) in [5.41, 5.74) is 0.986. The fraction of sp³-hybridized carbons (Fsp3) is 0.500. The Kier molecular flexibility index (Phi) is 3.97. The van der Waals surface area contributed by atoms with Crippen LogP contribution >= 0.6 is 11.6 Å². The zero-order chi connectivity index (χ0) is 16.7. The van der Waals surface area contributed by atoms with Gasteiger partial charge in [-0.2, -0.15) is 0 Å². The lowest BCUT2D eigenvalue weighted by Gasteiger charge is -2.44. The van der Waals surface area contributed by atoms with Gasteiger partial charge in [0.2, 0.25) is 0 Å². The topological polar surface area (TPSA) is 82.7 Å². The van der Waals surface area contributed by atoms with Crippen molar-refractivity contribution in [2.45, 2.75) is 18.9 Å². The highest BCUT2D eigenvalue weighted by Gasteiger charge is 2.34. The van der Waals surface area contributed by atoms with Crippen LogP contribution in [0.5, 0.6) is 5.75 Å². The lowest BCUT2D eigenvalue weighted by Crippen LogP contribution is -2.57. The molecule has 5 rings (SSSR count). The van der Waals surface area contributed by atoms with E-state index in [1.165, 1.54) is 0 Å². The van der Waals surface area contributed by atoms with Crippen LogP contribution in [0.4, 0.5) is 16.2 Å². The van der Waals surface area contributed by atoms with E-state index in [-0.39, 0.29) is 24.6 Å². The molecule has 4 heterocycles. The first-order valence-electron chi connectivity index (χ1n) is 8.14. The molecule has 4 aliphatic heterocycles. The molecule has 0 radical (unpaired) electrons. The Morgan fingerprint density at radius 3 is 2.83 bits per heavy atom. The van der Waals surface area contributed by atoms with E-state index in [1.54, 1.807) is 12.1 Å². The number of urea groups is 1. The summed E-state index contributed by atoms with van der Waals surface area (Å²) in [5.74, 6) is 0.743. The van der Waals surface area contributed by atoms with Gasteiger partial charge in [0.25, 0.3) is 5.91 Å². The number of rotatable bonds is 2. The molecule has 3 N–H and O–H groups in total. The number of hydrogen-bond acceptors (Lipinski definition) is 4. The van der Waals surface area contributed by atoms with Crippen molar-refractivity contribution in [1.29, 1.82) is 0 Å². The van der Waals surface area contributed by atoms with Crippen molar-refractivity contribution in [2.24, 2.45) is 5.92 Å². The Labute approximate surface area is 144 Å². The predicted molar refractivity (Wildman–Crippen MR) is 90.7 cm³/mol. The summed E-state index contributed by atoms with van der Waals surface area (Å²) < 4.78 is 5.30. The molecule has 128 valence electrons. The zero-order valence-electron chi connectivity index (χ0n) is 13.1. The molecule has 24 heavy (non-hydrogen) atoms. The van der Waals surface area contributed by atoms with Crippen molar-refractivity contribution < 1.29 is 14.3 Å². The smallest absolute Gasteiger partial charge is 0.319 e. The van der Waals surface area contributed by atoms with Crippen molar-refractivity contribution in [1.82, 2.24) is 10.2 Å². The molecule has 1 unspecified atom stereocenters. The quantitative estimate of drug-likeness (QED) is 0.760. The highest BCUT2D eigenvalue weighted by molar-refractivity contribution is 6.33. The minimum atomic E-state index is -0.257. The van der Waals surface area contributed by atoms with Gasteiger partial charge in [-0.15, -0.1) is 0 Å². The van der Waals surface area contributed by atoms with Gasteiger partial charge in [-0.25, -0.2) is 4.79 Å². The number of fused-ring (bicyclic) bond motifs is 4. The number of carbonyl (C=O) groups excluding carboxylic acids is 2. The molecule has 1 atom stereocenters. The molecule has 8 heteroatoms. The summed E-state index contributed by atoms with van der Waals surface area (Å²) in [6, 6.07) is 3.19. The van der Waals surface area contributed by atoms with E-state index in [2.05, 4.69) is 20.9 Å². The van der Waals surface area contributed by atoms with Crippen LogP contribution < -0.4 is 20.7 Å². The molecule has 1 aromatic rings. The Bertz CT molecular complexity index is 688. The third-order valence-electron chi connectivity index (χ3n) is 4.90. The van der Waals surface area contributed by atoms with Gasteiger partial charge in [-0.05, 0) is 44.0 Å². The molecular weight excluding hydrogens is 332 g/mol. The summed E-state index contributed by atoms with van der Waals surface area (Å²) in [7, 11) is 0. The number of carbonyl (C=O) groups is 2. The third kappa shape index (κ3) is 3.01. The normalized spacial score (nSPS) is 27.7. The van der Waals surface area contributed by atoms with Crippen LogP contribution in [0.15, 0.2) is 12.1 Å². The highest BCUT2D eigenvalue weighted by atomic mass is 35.5. The van der Waals surface area contributed by atoms with Crippen LogP contribution in [0.2, 0.25) is 5.02 Å². The van der Waals surface area contributed by atoms with Crippen LogP contribution in [-0.2, 0) is 4.79 Å². The second kappa shape index (κ2) is 6.14. The Balaban J connectivity index is 1.43. The van der Waals surface area contributed by atoms with Gasteiger partial charge in [0, 0.05) is 18.3 Å². The fourth-order valence-corrected chi connectivity index (χ4v) is 3.97. The van der Waals surface area contributed by atoms with Crippen molar-refractivity contribution in [2.75, 3.05) is 36.9 Å². The number of anilines is 2. The molecule has 7 nitrogen and oxygen atoms in total. The Morgan fingerprint density at radius 1 is 1.33 bits per heavy atom. The van der Waals surface area contributed by atoms with Crippen molar-refractivity contribution in [3.05, 3.63) is 17.2 Å². The van der Waals surface area contributed by atoms with Crippen LogP contribution in [0, 0.1) is 5.92 Å². The average Bonchev–Trinajstić information content (AvgIpc) is 2.55. The first-order chi connectivity index (χ1) is 11.6. The predicted octanol–water partition coefficient (Wildman–Crippen LogP) is 1.89. The molecule has 4 aliphatic rings. The van der Waals surface area contributed by atoms with E-state index in [9.17, 15) is 9.59 Å². The number of benzene rings is 1. The van der Waals surface area contributed by atoms with Crippen molar-refractivity contribution in [3.8, 4) is 5.75 Å². The van der Waals surface area contributed by atoms with Crippen LogP contribution in [0.3, 0.4) is 0 Å². The molecule has 0 aliphatic carbocycles. The molecule has 0 saturated carbocycles. The molecule has 1 aromatic carbocycles. The number of nitrogens with zero attached hydrogens (tertiary/aromatic N) is 1. The lowest BCUT2D eigenvalue weighted by molar-refractivity contribution is -0.118. The second-order valence-electron chi connectivity index (χ2n) is 6.51. The minimum absolute atomic E-state index is 0.0560. The molecule has 0 spiro atoms. The van der Waals surface area contributed by atoms with E-state index in [0.29, 0.717) is 28.1 Å². The maximum Gasteiger partial charge on any atom is 0.319 e. The molecule has 2 bridgehead atoms. The van der Waals surface area contributed by atoms with Crippen LogP contribution in [0.1, 0.15) is 12.8 Å². The van der Waals surface area contributed by atoms with E-state index in [0.717, 1.165) is 32.5 Å². The van der Waals surface area contributed by atoms with Gasteiger partial charge in [-0.1, -0.05) is 11.6 Å². The molecule has 3 saturated heterocycles. The first kappa shape index (κ1) is 15.5. The average molecular weight is 351 g/mol. The van der Waals surface area contributed by atoms with Gasteiger partial charge in [0.05, 0.1) is 10.7 Å². The standard InChI is InChI=1S/C16H19ClN4O3/c17-11-5-10(6-12-15(11)24-8-14(22)19-12)18-16(23)20-13-7-21-3-1-9(13)2-4-21/h5-6,9,13H,1-4,7-8H2,(H,19,22)(H2,18,20,23). The zero-order valence-corrected chi connectivity index (χ0v) is 13.9. The van der Waals surface area contributed by atoms with Gasteiger partial charge >= 0.3 is 6.03 Å². The van der Waals surface area contributed by atoms with Gasteiger partial charge in [-0.3, -0.25) is 4.79 Å². The lowest BCUT2D eigenvalue weighted by atomic mass is 9.84. The van der Waals surface area contributed by atoms with Gasteiger partial charge < -0.3 is 25.6 Å². The summed E-state index contributed by atoms with van der Waals surface area (Å²) in [4.78, 5) is 26.1. The molecule has 0 aromatic heterocycles. The number of piperidine rings is 3. The fourth-order valence-electron chi connectivity index (χ4n) is 3.69. The van der Waals surface area contributed by atoms with Crippen molar-refractivity contribution in [3.63, 3.8) is 0 Å². The molecule has 3 amide bonds. The van der Waals surface area contributed by atoms with Crippen LogP contribution in [0.25, 0.3) is 0 Å². The Morgan fingerprint density at radius 2 is 2.12 bits per heavy atom. The largest absolute Gasteiger partial charge is 0.480 e. The van der Waals surface area contributed by atoms with E-state index in [4.69, 9.17) is 16.3 Å². The number of nitrogens with one attached hydrogen (secondary N) is 3. The van der Waals surface area contributed by atoms with Gasteiger partial charge in [0.1, 0.15) is 0 Å². The molecular formula is C16H19ClN4O3.